The number of esters is 1. The zero-order chi connectivity index (χ0) is 29.3. The number of phenolic OH excluding ortho intramolecular Hbond substituents is 1. The van der Waals surface area contributed by atoms with Crippen molar-refractivity contribution in [3.63, 3.8) is 0 Å². The van der Waals surface area contributed by atoms with Gasteiger partial charge in [-0.25, -0.2) is 4.79 Å². The second-order valence-electron chi connectivity index (χ2n) is 10.5. The lowest BCUT2D eigenvalue weighted by Crippen LogP contribution is -2.39. The summed E-state index contributed by atoms with van der Waals surface area (Å²) in [6.45, 7) is 2.81. The molecule has 1 unspecified atom stereocenters. The van der Waals surface area contributed by atoms with E-state index in [2.05, 4.69) is 9.88 Å². The number of benzene rings is 3. The quantitative estimate of drug-likeness (QED) is 0.209. The SMILES string of the molecule is COC(=O)c1coc2c1c(C(c1ccncc1)N1CCOCC1)c(O)c1ccc(OCCc3cc4ccccc4o3)cc12. The first-order valence-corrected chi connectivity index (χ1v) is 14.2. The van der Waals surface area contributed by atoms with Crippen LogP contribution in [-0.4, -0.2) is 61.0 Å². The lowest BCUT2D eigenvalue weighted by Gasteiger charge is -2.36. The van der Waals surface area contributed by atoms with E-state index in [9.17, 15) is 9.90 Å². The van der Waals surface area contributed by atoms with Crippen LogP contribution in [-0.2, 0) is 15.9 Å². The van der Waals surface area contributed by atoms with E-state index >= 15 is 0 Å². The molecule has 3 aromatic heterocycles. The van der Waals surface area contributed by atoms with Crippen LogP contribution in [0, 0.1) is 0 Å². The van der Waals surface area contributed by atoms with Crippen LogP contribution >= 0.6 is 0 Å². The summed E-state index contributed by atoms with van der Waals surface area (Å²) >= 11 is 0. The van der Waals surface area contributed by atoms with E-state index < -0.39 is 5.97 Å². The number of nitrogens with zero attached hydrogens (tertiary/aromatic N) is 2. The predicted molar refractivity (Wildman–Crippen MR) is 161 cm³/mol. The fraction of sp³-hybridized carbons (Fsp3) is 0.235. The highest BCUT2D eigenvalue weighted by Gasteiger charge is 2.33. The minimum absolute atomic E-state index is 0.0659. The molecule has 43 heavy (non-hydrogen) atoms. The van der Waals surface area contributed by atoms with Crippen molar-refractivity contribution in [2.45, 2.75) is 12.5 Å². The first kappa shape index (κ1) is 27.0. The van der Waals surface area contributed by atoms with E-state index in [1.54, 1.807) is 12.4 Å². The van der Waals surface area contributed by atoms with Gasteiger partial charge in [-0.2, -0.15) is 0 Å². The van der Waals surface area contributed by atoms with Crippen LogP contribution in [0.25, 0.3) is 32.7 Å². The maximum absolute atomic E-state index is 13.0. The molecular weight excluding hydrogens is 548 g/mol. The third-order valence-electron chi connectivity index (χ3n) is 8.01. The number of pyridine rings is 1. The van der Waals surface area contributed by atoms with Gasteiger partial charge in [0.05, 0.1) is 33.0 Å². The van der Waals surface area contributed by atoms with Gasteiger partial charge in [0.1, 0.15) is 40.3 Å². The third-order valence-corrected chi connectivity index (χ3v) is 8.01. The maximum atomic E-state index is 13.0. The summed E-state index contributed by atoms with van der Waals surface area (Å²) in [6.07, 6.45) is 5.44. The number of carbonyl (C=O) groups excluding carboxylic acids is 1. The molecule has 0 saturated carbocycles. The predicted octanol–water partition coefficient (Wildman–Crippen LogP) is 6.26. The standard InChI is InChI=1S/C34H30N2O7/c1-39-34(38)27-20-42-33-26-19-23(41-15-10-24-18-22-4-2-3-5-28(22)43-24)6-7-25(26)32(37)30(29(27)33)31(21-8-11-35-12-9-21)36-13-16-40-17-14-36/h2-9,11-12,18-20,31,37H,10,13-17H2,1H3. The molecule has 0 bridgehead atoms. The van der Waals surface area contributed by atoms with Gasteiger partial charge in [-0.1, -0.05) is 18.2 Å². The third kappa shape index (κ3) is 4.96. The number of furan rings is 2. The number of fused-ring (bicyclic) bond motifs is 4. The van der Waals surface area contributed by atoms with Gasteiger partial charge in [0.25, 0.3) is 0 Å². The number of morpholine rings is 1. The van der Waals surface area contributed by atoms with Crippen molar-refractivity contribution in [3.8, 4) is 11.5 Å². The average Bonchev–Trinajstić information content (AvgIpc) is 3.68. The van der Waals surface area contributed by atoms with Crippen molar-refractivity contribution in [1.29, 1.82) is 0 Å². The Morgan fingerprint density at radius 2 is 1.86 bits per heavy atom. The van der Waals surface area contributed by atoms with Crippen LogP contribution in [0.1, 0.15) is 33.3 Å². The summed E-state index contributed by atoms with van der Waals surface area (Å²) in [5, 5.41) is 14.7. The van der Waals surface area contributed by atoms with Crippen molar-refractivity contribution in [2.24, 2.45) is 0 Å². The molecule has 6 aromatic rings. The average molecular weight is 579 g/mol. The Balaban J connectivity index is 1.32. The Kier molecular flexibility index (Phi) is 7.18. The number of hydrogen-bond donors (Lipinski definition) is 1. The Morgan fingerprint density at radius 3 is 2.65 bits per heavy atom. The van der Waals surface area contributed by atoms with Gasteiger partial charge in [0, 0.05) is 59.0 Å². The van der Waals surface area contributed by atoms with Gasteiger partial charge < -0.3 is 28.2 Å². The number of rotatable bonds is 8. The molecule has 1 saturated heterocycles. The normalized spacial score (nSPS) is 14.8. The molecule has 0 radical (unpaired) electrons. The summed E-state index contributed by atoms with van der Waals surface area (Å²) in [5.74, 6) is 0.959. The zero-order valence-corrected chi connectivity index (χ0v) is 23.6. The van der Waals surface area contributed by atoms with Crippen LogP contribution in [0.4, 0.5) is 0 Å². The molecule has 1 N–H and O–H groups in total. The largest absolute Gasteiger partial charge is 0.507 e. The number of hydrogen-bond acceptors (Lipinski definition) is 9. The number of para-hydroxylation sites is 1. The van der Waals surface area contributed by atoms with Crippen LogP contribution in [0.2, 0.25) is 0 Å². The molecule has 3 aromatic carbocycles. The lowest BCUT2D eigenvalue weighted by molar-refractivity contribution is 0.0238. The molecule has 1 aliphatic heterocycles. The van der Waals surface area contributed by atoms with Crippen LogP contribution in [0.3, 0.4) is 0 Å². The van der Waals surface area contributed by atoms with Crippen LogP contribution in [0.15, 0.2) is 88.2 Å². The van der Waals surface area contributed by atoms with E-state index in [0.717, 1.165) is 22.3 Å². The van der Waals surface area contributed by atoms with Crippen molar-refractivity contribution < 1.29 is 32.9 Å². The molecular formula is C34H30N2O7. The van der Waals surface area contributed by atoms with Gasteiger partial charge in [-0.15, -0.1) is 0 Å². The molecule has 0 aliphatic carbocycles. The Bertz CT molecular complexity index is 1890. The molecule has 1 atom stereocenters. The van der Waals surface area contributed by atoms with Gasteiger partial charge in [0.2, 0.25) is 0 Å². The summed E-state index contributed by atoms with van der Waals surface area (Å²) < 4.78 is 28.9. The van der Waals surface area contributed by atoms with Crippen molar-refractivity contribution in [2.75, 3.05) is 40.0 Å². The molecule has 1 aliphatic rings. The highest BCUT2D eigenvalue weighted by atomic mass is 16.5. The Hall–Kier alpha value is -4.86. The van der Waals surface area contributed by atoms with E-state index in [1.165, 1.54) is 13.4 Å². The molecule has 1 fully saturated rings. The van der Waals surface area contributed by atoms with Gasteiger partial charge in [-0.05, 0) is 48.0 Å². The molecule has 7 rings (SSSR count). The maximum Gasteiger partial charge on any atom is 0.341 e. The van der Waals surface area contributed by atoms with Crippen LogP contribution < -0.4 is 4.74 Å². The summed E-state index contributed by atoms with van der Waals surface area (Å²) in [6, 6.07) is 18.9. The van der Waals surface area contributed by atoms with Crippen molar-refractivity contribution in [3.05, 3.63) is 102 Å². The molecule has 0 amide bonds. The van der Waals surface area contributed by atoms with E-state index in [4.69, 9.17) is 23.0 Å². The fourth-order valence-electron chi connectivity index (χ4n) is 5.99. The zero-order valence-electron chi connectivity index (χ0n) is 23.6. The van der Waals surface area contributed by atoms with Gasteiger partial charge >= 0.3 is 5.97 Å². The first-order chi connectivity index (χ1) is 21.1. The smallest absolute Gasteiger partial charge is 0.341 e. The monoisotopic (exact) mass is 578 g/mol. The first-order valence-electron chi connectivity index (χ1n) is 14.2. The van der Waals surface area contributed by atoms with E-state index in [0.29, 0.717) is 72.4 Å². The van der Waals surface area contributed by atoms with Crippen molar-refractivity contribution >= 4 is 38.7 Å². The van der Waals surface area contributed by atoms with E-state index in [1.807, 2.05) is 60.7 Å². The lowest BCUT2D eigenvalue weighted by atomic mass is 9.89. The number of methoxy groups -OCH3 is 1. The molecule has 9 nitrogen and oxygen atoms in total. The van der Waals surface area contributed by atoms with E-state index in [-0.39, 0.29) is 17.4 Å². The number of carbonyl (C=O) groups is 1. The minimum Gasteiger partial charge on any atom is -0.507 e. The molecule has 4 heterocycles. The summed E-state index contributed by atoms with van der Waals surface area (Å²) in [4.78, 5) is 19.4. The van der Waals surface area contributed by atoms with Gasteiger partial charge in [0.15, 0.2) is 0 Å². The topological polar surface area (TPSA) is 107 Å². The Labute approximate surface area is 247 Å². The number of aromatic nitrogens is 1. The minimum atomic E-state index is -0.549. The summed E-state index contributed by atoms with van der Waals surface area (Å²) in [5.41, 5.74) is 3.06. The fourth-order valence-corrected chi connectivity index (χ4v) is 5.99. The highest BCUT2D eigenvalue weighted by molar-refractivity contribution is 6.16. The molecule has 0 spiro atoms. The second-order valence-corrected chi connectivity index (χ2v) is 10.5. The molecule has 9 heteroatoms. The van der Waals surface area contributed by atoms with Gasteiger partial charge in [-0.3, -0.25) is 9.88 Å². The highest BCUT2D eigenvalue weighted by Crippen LogP contribution is 2.47. The molecule has 218 valence electrons. The van der Waals surface area contributed by atoms with Crippen LogP contribution in [0.5, 0.6) is 11.5 Å². The van der Waals surface area contributed by atoms with Crippen molar-refractivity contribution in [1.82, 2.24) is 9.88 Å². The second kappa shape index (κ2) is 11.4. The Morgan fingerprint density at radius 1 is 1.05 bits per heavy atom. The number of aromatic hydroxyl groups is 1. The summed E-state index contributed by atoms with van der Waals surface area (Å²) in [7, 11) is 1.33. The number of ether oxygens (including phenoxy) is 3. The number of phenols is 1.